The number of nitro benzene ring substituents is 1. The van der Waals surface area contributed by atoms with Gasteiger partial charge in [-0.25, -0.2) is 0 Å². The quantitative estimate of drug-likeness (QED) is 0.393. The number of hydrogen-bond donors (Lipinski definition) is 1. The van der Waals surface area contributed by atoms with Crippen LogP contribution < -0.4 is 5.32 Å². The molecule has 1 amide bonds. The molecule has 0 atom stereocenters. The number of nitro groups is 1. The highest BCUT2D eigenvalue weighted by Crippen LogP contribution is 2.29. The Morgan fingerprint density at radius 3 is 2.78 bits per heavy atom. The number of carbonyl (C=O) groups is 1. The lowest BCUT2D eigenvalue weighted by atomic mass is 10.2. The van der Waals surface area contributed by atoms with Gasteiger partial charge < -0.3 is 5.32 Å². The molecule has 5 nitrogen and oxygen atoms in total. The number of halogens is 1. The molecule has 1 saturated heterocycles. The third kappa shape index (κ3) is 2.69. The Hall–Kier alpha value is -1.44. The molecule has 0 aliphatic carbocycles. The van der Waals surface area contributed by atoms with Gasteiger partial charge in [0, 0.05) is 6.07 Å². The lowest BCUT2D eigenvalue weighted by Gasteiger charge is -1.98. The maximum Gasteiger partial charge on any atom is 0.288 e. The molecule has 8 heteroatoms. The molecule has 1 aromatic carbocycles. The highest BCUT2D eigenvalue weighted by Gasteiger charge is 2.22. The molecular formula is C10H5ClN2O3S2. The van der Waals surface area contributed by atoms with Crippen molar-refractivity contribution in [1.82, 2.24) is 5.32 Å². The summed E-state index contributed by atoms with van der Waals surface area (Å²) in [6, 6.07) is 4.32. The van der Waals surface area contributed by atoms with Gasteiger partial charge in [-0.1, -0.05) is 41.6 Å². The second kappa shape index (κ2) is 5.05. The molecule has 0 saturated carbocycles. The molecule has 92 valence electrons. The molecule has 0 aromatic heterocycles. The average Bonchev–Trinajstić information content (AvgIpc) is 2.60. The number of thioether (sulfide) groups is 1. The molecule has 1 aliphatic rings. The summed E-state index contributed by atoms with van der Waals surface area (Å²) >= 11 is 11.6. The van der Waals surface area contributed by atoms with Crippen LogP contribution in [0.25, 0.3) is 6.08 Å². The molecule has 1 aliphatic heterocycles. The number of thiocarbonyl (C=S) groups is 1. The van der Waals surface area contributed by atoms with Gasteiger partial charge in [-0.3, -0.25) is 14.9 Å². The van der Waals surface area contributed by atoms with E-state index in [1.54, 1.807) is 6.07 Å². The zero-order valence-corrected chi connectivity index (χ0v) is 11.1. The van der Waals surface area contributed by atoms with Crippen molar-refractivity contribution in [2.45, 2.75) is 0 Å². The summed E-state index contributed by atoms with van der Waals surface area (Å²) in [5.41, 5.74) is 0.324. The van der Waals surface area contributed by atoms with Crippen LogP contribution in [0, 0.1) is 10.1 Å². The van der Waals surface area contributed by atoms with Crippen molar-refractivity contribution in [2.24, 2.45) is 0 Å². The van der Waals surface area contributed by atoms with E-state index in [1.807, 2.05) is 0 Å². The predicted octanol–water partition coefficient (Wildman–Crippen LogP) is 2.74. The molecule has 1 aromatic rings. The van der Waals surface area contributed by atoms with Crippen molar-refractivity contribution in [3.05, 3.63) is 43.8 Å². The summed E-state index contributed by atoms with van der Waals surface area (Å²) in [5, 5.41) is 13.2. The summed E-state index contributed by atoms with van der Waals surface area (Å²) in [4.78, 5) is 22.0. The van der Waals surface area contributed by atoms with Crippen molar-refractivity contribution < 1.29 is 9.72 Å². The fourth-order valence-electron chi connectivity index (χ4n) is 1.33. The highest BCUT2D eigenvalue weighted by atomic mass is 35.5. The zero-order chi connectivity index (χ0) is 13.3. The highest BCUT2D eigenvalue weighted by molar-refractivity contribution is 8.26. The Labute approximate surface area is 116 Å². The van der Waals surface area contributed by atoms with Gasteiger partial charge in [0.25, 0.3) is 11.6 Å². The van der Waals surface area contributed by atoms with Crippen LogP contribution in [-0.4, -0.2) is 15.2 Å². The summed E-state index contributed by atoms with van der Waals surface area (Å²) < 4.78 is 0.370. The standard InChI is InChI=1S/C10H5ClN2O3S2/c11-6-2-1-5(3-7(6)13(15)16)4-8-9(14)12-10(17)18-8/h1-4H,(H,12,14,17)/b8-4-. The summed E-state index contributed by atoms with van der Waals surface area (Å²) in [6.45, 7) is 0. The van der Waals surface area contributed by atoms with Crippen LogP contribution in [0.4, 0.5) is 5.69 Å². The first kappa shape index (κ1) is 13.0. The van der Waals surface area contributed by atoms with E-state index in [0.717, 1.165) is 11.8 Å². The molecule has 18 heavy (non-hydrogen) atoms. The van der Waals surface area contributed by atoms with E-state index < -0.39 is 4.92 Å². The van der Waals surface area contributed by atoms with Gasteiger partial charge in [-0.15, -0.1) is 0 Å². The first-order chi connectivity index (χ1) is 8.47. The summed E-state index contributed by atoms with van der Waals surface area (Å²) in [5.74, 6) is -0.303. The Bertz CT molecular complexity index is 601. The van der Waals surface area contributed by atoms with Gasteiger partial charge >= 0.3 is 0 Å². The van der Waals surface area contributed by atoms with E-state index in [2.05, 4.69) is 5.32 Å². The van der Waals surface area contributed by atoms with E-state index in [1.165, 1.54) is 18.2 Å². The average molecular weight is 301 g/mol. The SMILES string of the molecule is O=C1NC(=S)S/C1=C\c1ccc(Cl)c([N+](=O)[O-])c1. The lowest BCUT2D eigenvalue weighted by molar-refractivity contribution is -0.384. The van der Waals surface area contributed by atoms with E-state index in [-0.39, 0.29) is 16.6 Å². The normalized spacial score (nSPS) is 17.1. The molecule has 1 fully saturated rings. The number of amides is 1. The van der Waals surface area contributed by atoms with Crippen LogP contribution in [-0.2, 0) is 4.79 Å². The zero-order valence-electron chi connectivity index (χ0n) is 8.68. The topological polar surface area (TPSA) is 72.2 Å². The number of nitrogens with zero attached hydrogens (tertiary/aromatic N) is 1. The first-order valence-electron chi connectivity index (χ1n) is 4.66. The maximum absolute atomic E-state index is 11.4. The van der Waals surface area contributed by atoms with Crippen molar-refractivity contribution in [2.75, 3.05) is 0 Å². The maximum atomic E-state index is 11.4. The largest absolute Gasteiger partial charge is 0.307 e. The van der Waals surface area contributed by atoms with Crippen molar-refractivity contribution >= 4 is 57.6 Å². The number of rotatable bonds is 2. The van der Waals surface area contributed by atoms with Crippen molar-refractivity contribution in [1.29, 1.82) is 0 Å². The van der Waals surface area contributed by atoms with Gasteiger partial charge in [0.1, 0.15) is 9.34 Å². The first-order valence-corrected chi connectivity index (χ1v) is 6.26. The Morgan fingerprint density at radius 2 is 2.22 bits per heavy atom. The monoisotopic (exact) mass is 300 g/mol. The molecule has 0 spiro atoms. The van der Waals surface area contributed by atoms with Gasteiger partial charge in [0.05, 0.1) is 9.83 Å². The Balaban J connectivity index is 2.38. The van der Waals surface area contributed by atoms with Crippen LogP contribution >= 0.6 is 35.6 Å². The third-order valence-electron chi connectivity index (χ3n) is 2.11. The molecule has 0 unspecified atom stereocenters. The van der Waals surface area contributed by atoms with E-state index in [4.69, 9.17) is 23.8 Å². The summed E-state index contributed by atoms with van der Waals surface area (Å²) in [6.07, 6.45) is 1.53. The second-order valence-corrected chi connectivity index (χ2v) is 5.45. The van der Waals surface area contributed by atoms with Crippen LogP contribution in [0.3, 0.4) is 0 Å². The minimum Gasteiger partial charge on any atom is -0.307 e. The fraction of sp³-hybridized carbons (Fsp3) is 0. The van der Waals surface area contributed by atoms with Gasteiger partial charge in [0.2, 0.25) is 0 Å². The Kier molecular flexibility index (Phi) is 3.65. The number of benzene rings is 1. The van der Waals surface area contributed by atoms with Gasteiger partial charge in [-0.05, 0) is 17.7 Å². The number of carbonyl (C=O) groups excluding carboxylic acids is 1. The third-order valence-corrected chi connectivity index (χ3v) is 3.59. The van der Waals surface area contributed by atoms with Crippen molar-refractivity contribution in [3.63, 3.8) is 0 Å². The van der Waals surface area contributed by atoms with Gasteiger partial charge in [-0.2, -0.15) is 0 Å². The fourth-order valence-corrected chi connectivity index (χ4v) is 2.56. The summed E-state index contributed by atoms with van der Waals surface area (Å²) in [7, 11) is 0. The molecular weight excluding hydrogens is 296 g/mol. The Morgan fingerprint density at radius 1 is 1.50 bits per heavy atom. The molecule has 2 rings (SSSR count). The molecule has 0 radical (unpaired) electrons. The predicted molar refractivity (Wildman–Crippen MR) is 74.4 cm³/mol. The lowest BCUT2D eigenvalue weighted by Crippen LogP contribution is -2.17. The van der Waals surface area contributed by atoms with E-state index in [9.17, 15) is 14.9 Å². The minimum atomic E-state index is -0.573. The number of hydrogen-bond acceptors (Lipinski definition) is 5. The van der Waals surface area contributed by atoms with Crippen LogP contribution in [0.5, 0.6) is 0 Å². The molecule has 0 bridgehead atoms. The second-order valence-electron chi connectivity index (χ2n) is 3.32. The van der Waals surface area contributed by atoms with E-state index in [0.29, 0.717) is 14.8 Å². The smallest absolute Gasteiger partial charge is 0.288 e. The molecule has 1 N–H and O–H groups in total. The van der Waals surface area contributed by atoms with Crippen LogP contribution in [0.15, 0.2) is 23.1 Å². The van der Waals surface area contributed by atoms with E-state index >= 15 is 0 Å². The van der Waals surface area contributed by atoms with Crippen molar-refractivity contribution in [3.8, 4) is 0 Å². The van der Waals surface area contributed by atoms with Crippen LogP contribution in [0.2, 0.25) is 5.02 Å². The number of nitrogens with one attached hydrogen (secondary N) is 1. The minimum absolute atomic E-state index is 0.0567. The van der Waals surface area contributed by atoms with Crippen LogP contribution in [0.1, 0.15) is 5.56 Å². The van der Waals surface area contributed by atoms with Gasteiger partial charge in [0.15, 0.2) is 0 Å². The molecule has 1 heterocycles.